The Morgan fingerprint density at radius 3 is 3.05 bits per heavy atom. The number of carbonyl (C=O) groups is 1. The molecule has 3 rings (SSSR count). The number of pyridine rings is 1. The molecule has 0 fully saturated rings. The number of rotatable bonds is 5. The van der Waals surface area contributed by atoms with Crippen LogP contribution in [-0.4, -0.2) is 37.0 Å². The predicted molar refractivity (Wildman–Crippen MR) is 75.7 cm³/mol. The molecule has 106 valence electrons. The molecule has 0 aromatic carbocycles. The van der Waals surface area contributed by atoms with Gasteiger partial charge in [0.25, 0.3) is 5.91 Å². The molecule has 3 N–H and O–H groups in total. The SMILES string of the molecule is NC(=O)c1cncc(NCCc2nnc3ccccn23)n1. The Balaban J connectivity index is 1.66. The number of fused-ring (bicyclic) bond motifs is 1. The summed E-state index contributed by atoms with van der Waals surface area (Å²) in [5.74, 6) is 0.742. The molecule has 21 heavy (non-hydrogen) atoms. The van der Waals surface area contributed by atoms with E-state index in [0.717, 1.165) is 11.5 Å². The Labute approximate surface area is 120 Å². The molecule has 3 aromatic rings. The van der Waals surface area contributed by atoms with Gasteiger partial charge in [-0.3, -0.25) is 14.2 Å². The highest BCUT2D eigenvalue weighted by atomic mass is 16.1. The summed E-state index contributed by atoms with van der Waals surface area (Å²) in [6, 6.07) is 5.73. The molecule has 0 aliphatic carbocycles. The van der Waals surface area contributed by atoms with Gasteiger partial charge in [-0.1, -0.05) is 6.07 Å². The highest BCUT2D eigenvalue weighted by molar-refractivity contribution is 5.90. The molecule has 0 atom stereocenters. The van der Waals surface area contributed by atoms with Crippen LogP contribution in [0.1, 0.15) is 16.3 Å². The zero-order valence-corrected chi connectivity index (χ0v) is 11.1. The zero-order chi connectivity index (χ0) is 14.7. The van der Waals surface area contributed by atoms with E-state index in [2.05, 4.69) is 25.5 Å². The first-order chi connectivity index (χ1) is 10.2. The standard InChI is InChI=1S/C13H13N7O/c14-13(21)9-7-15-8-10(17-9)16-5-4-12-19-18-11-3-1-2-6-20(11)12/h1-3,6-8H,4-5H2,(H2,14,21)(H,16,17). The molecular formula is C13H13N7O. The third-order valence-corrected chi connectivity index (χ3v) is 2.93. The number of primary amides is 1. The number of nitrogens with two attached hydrogens (primary N) is 1. The lowest BCUT2D eigenvalue weighted by Gasteiger charge is -2.05. The first-order valence-electron chi connectivity index (χ1n) is 6.38. The summed E-state index contributed by atoms with van der Waals surface area (Å²) in [4.78, 5) is 19.0. The van der Waals surface area contributed by atoms with Crippen LogP contribution in [0.5, 0.6) is 0 Å². The summed E-state index contributed by atoms with van der Waals surface area (Å²) < 4.78 is 1.92. The number of anilines is 1. The van der Waals surface area contributed by atoms with Gasteiger partial charge < -0.3 is 11.1 Å². The molecule has 0 radical (unpaired) electrons. The number of amides is 1. The van der Waals surface area contributed by atoms with Crippen molar-refractivity contribution in [2.45, 2.75) is 6.42 Å². The summed E-state index contributed by atoms with van der Waals surface area (Å²) in [6.45, 7) is 0.590. The summed E-state index contributed by atoms with van der Waals surface area (Å²) in [5.41, 5.74) is 6.10. The van der Waals surface area contributed by atoms with Gasteiger partial charge in [0.15, 0.2) is 5.65 Å². The van der Waals surface area contributed by atoms with E-state index in [9.17, 15) is 4.79 Å². The second kappa shape index (κ2) is 5.53. The lowest BCUT2D eigenvalue weighted by atomic mass is 10.4. The topological polar surface area (TPSA) is 111 Å². The normalized spacial score (nSPS) is 10.7. The molecule has 0 spiro atoms. The minimum absolute atomic E-state index is 0.132. The fraction of sp³-hybridized carbons (Fsp3) is 0.154. The van der Waals surface area contributed by atoms with E-state index in [-0.39, 0.29) is 5.69 Å². The van der Waals surface area contributed by atoms with Crippen LogP contribution in [0.4, 0.5) is 5.82 Å². The van der Waals surface area contributed by atoms with Gasteiger partial charge >= 0.3 is 0 Å². The van der Waals surface area contributed by atoms with Crippen molar-refractivity contribution in [1.29, 1.82) is 0 Å². The van der Waals surface area contributed by atoms with E-state index in [4.69, 9.17) is 5.73 Å². The number of nitrogens with one attached hydrogen (secondary N) is 1. The fourth-order valence-electron chi connectivity index (χ4n) is 1.93. The first kappa shape index (κ1) is 13.0. The van der Waals surface area contributed by atoms with Gasteiger partial charge in [0, 0.05) is 19.2 Å². The van der Waals surface area contributed by atoms with E-state index >= 15 is 0 Å². The van der Waals surface area contributed by atoms with Crippen molar-refractivity contribution in [2.24, 2.45) is 5.73 Å². The maximum Gasteiger partial charge on any atom is 0.268 e. The second-order valence-electron chi connectivity index (χ2n) is 4.38. The quantitative estimate of drug-likeness (QED) is 0.695. The molecule has 1 amide bonds. The molecule has 0 saturated heterocycles. The summed E-state index contributed by atoms with van der Waals surface area (Å²) >= 11 is 0. The molecule has 0 unspecified atom stereocenters. The molecule has 3 heterocycles. The van der Waals surface area contributed by atoms with Gasteiger partial charge in [0.05, 0.1) is 12.4 Å². The average Bonchev–Trinajstić information content (AvgIpc) is 2.91. The van der Waals surface area contributed by atoms with Gasteiger partial charge in [-0.25, -0.2) is 4.98 Å². The Kier molecular flexibility index (Phi) is 3.42. The van der Waals surface area contributed by atoms with Crippen LogP contribution < -0.4 is 11.1 Å². The monoisotopic (exact) mass is 283 g/mol. The Morgan fingerprint density at radius 2 is 2.19 bits per heavy atom. The van der Waals surface area contributed by atoms with Gasteiger partial charge in [-0.05, 0) is 12.1 Å². The summed E-state index contributed by atoms with van der Waals surface area (Å²) in [7, 11) is 0. The lowest BCUT2D eigenvalue weighted by molar-refractivity contribution is 0.0995. The van der Waals surface area contributed by atoms with Crippen molar-refractivity contribution < 1.29 is 4.79 Å². The number of nitrogens with zero attached hydrogens (tertiary/aromatic N) is 5. The molecule has 8 heteroatoms. The zero-order valence-electron chi connectivity index (χ0n) is 11.1. The minimum Gasteiger partial charge on any atom is -0.368 e. The van der Waals surface area contributed by atoms with E-state index in [1.807, 2.05) is 28.8 Å². The molecule has 0 aliphatic heterocycles. The van der Waals surface area contributed by atoms with E-state index < -0.39 is 5.91 Å². The fourth-order valence-corrected chi connectivity index (χ4v) is 1.93. The largest absolute Gasteiger partial charge is 0.368 e. The highest BCUT2D eigenvalue weighted by Crippen LogP contribution is 2.05. The van der Waals surface area contributed by atoms with Crippen molar-refractivity contribution >= 4 is 17.4 Å². The van der Waals surface area contributed by atoms with Gasteiger partial charge in [0.2, 0.25) is 0 Å². The maximum absolute atomic E-state index is 11.0. The van der Waals surface area contributed by atoms with Crippen LogP contribution in [0.15, 0.2) is 36.8 Å². The second-order valence-corrected chi connectivity index (χ2v) is 4.38. The highest BCUT2D eigenvalue weighted by Gasteiger charge is 2.06. The minimum atomic E-state index is -0.602. The molecular weight excluding hydrogens is 270 g/mol. The summed E-state index contributed by atoms with van der Waals surface area (Å²) in [5, 5.41) is 11.3. The number of hydrogen-bond donors (Lipinski definition) is 2. The molecule has 0 saturated carbocycles. The third-order valence-electron chi connectivity index (χ3n) is 2.93. The maximum atomic E-state index is 11.0. The van der Waals surface area contributed by atoms with Gasteiger partial charge in [0.1, 0.15) is 17.3 Å². The van der Waals surface area contributed by atoms with Crippen molar-refractivity contribution in [3.05, 3.63) is 48.3 Å². The number of carbonyl (C=O) groups excluding carboxylic acids is 1. The van der Waals surface area contributed by atoms with Crippen molar-refractivity contribution in [3.63, 3.8) is 0 Å². The molecule has 8 nitrogen and oxygen atoms in total. The average molecular weight is 283 g/mol. The van der Waals surface area contributed by atoms with Crippen LogP contribution >= 0.6 is 0 Å². The smallest absolute Gasteiger partial charge is 0.268 e. The molecule has 0 aliphatic rings. The van der Waals surface area contributed by atoms with Crippen LogP contribution in [0.25, 0.3) is 5.65 Å². The van der Waals surface area contributed by atoms with Gasteiger partial charge in [-0.2, -0.15) is 0 Å². The Hall–Kier alpha value is -3.03. The first-order valence-corrected chi connectivity index (χ1v) is 6.38. The third kappa shape index (κ3) is 2.78. The molecule has 3 aromatic heterocycles. The van der Waals surface area contributed by atoms with E-state index in [1.165, 1.54) is 12.4 Å². The van der Waals surface area contributed by atoms with Gasteiger partial charge in [-0.15, -0.1) is 10.2 Å². The van der Waals surface area contributed by atoms with Crippen molar-refractivity contribution in [3.8, 4) is 0 Å². The summed E-state index contributed by atoms with van der Waals surface area (Å²) in [6.07, 6.45) is 5.44. The lowest BCUT2D eigenvalue weighted by Crippen LogP contribution is -2.15. The van der Waals surface area contributed by atoms with Crippen LogP contribution in [0, 0.1) is 0 Å². The predicted octanol–water partition coefficient (Wildman–Crippen LogP) is 0.273. The Morgan fingerprint density at radius 1 is 1.29 bits per heavy atom. The number of hydrogen-bond acceptors (Lipinski definition) is 6. The van der Waals surface area contributed by atoms with E-state index in [0.29, 0.717) is 18.8 Å². The van der Waals surface area contributed by atoms with Crippen LogP contribution in [0.2, 0.25) is 0 Å². The Bertz CT molecular complexity index is 783. The van der Waals surface area contributed by atoms with Crippen LogP contribution in [0.3, 0.4) is 0 Å². The molecule has 0 bridgehead atoms. The van der Waals surface area contributed by atoms with Crippen molar-refractivity contribution in [2.75, 3.05) is 11.9 Å². The number of aromatic nitrogens is 5. The van der Waals surface area contributed by atoms with E-state index in [1.54, 1.807) is 0 Å². The van der Waals surface area contributed by atoms with Crippen LogP contribution in [-0.2, 0) is 6.42 Å². The van der Waals surface area contributed by atoms with Crippen molar-refractivity contribution in [1.82, 2.24) is 24.6 Å².